The standard InChI is InChI=1S/C15H26N2O3S/c1-11(2)16-10-12-7-8-13(20-6)14(9-12)21(18,19)17-15(3,4)5/h7-9,11,16-17H,10H2,1-6H3. The lowest BCUT2D eigenvalue weighted by Gasteiger charge is -2.21. The van der Waals surface area contributed by atoms with Crippen molar-refractivity contribution in [3.8, 4) is 5.75 Å². The van der Waals surface area contributed by atoms with Crippen molar-refractivity contribution in [3.63, 3.8) is 0 Å². The third-order valence-corrected chi connectivity index (χ3v) is 4.45. The average molecular weight is 314 g/mol. The molecular formula is C15H26N2O3S. The van der Waals surface area contributed by atoms with Gasteiger partial charge >= 0.3 is 0 Å². The van der Waals surface area contributed by atoms with Gasteiger partial charge in [0.25, 0.3) is 0 Å². The van der Waals surface area contributed by atoms with Gasteiger partial charge in [0.05, 0.1) is 7.11 Å². The molecule has 0 fully saturated rings. The quantitative estimate of drug-likeness (QED) is 0.845. The Morgan fingerprint density at radius 3 is 2.33 bits per heavy atom. The van der Waals surface area contributed by atoms with E-state index in [0.717, 1.165) is 5.56 Å². The molecule has 0 saturated heterocycles. The average Bonchev–Trinajstić information content (AvgIpc) is 2.33. The van der Waals surface area contributed by atoms with Gasteiger partial charge in [-0.2, -0.15) is 0 Å². The van der Waals surface area contributed by atoms with E-state index < -0.39 is 15.6 Å². The summed E-state index contributed by atoms with van der Waals surface area (Å²) in [5.41, 5.74) is 0.356. The maximum atomic E-state index is 12.5. The van der Waals surface area contributed by atoms with Crippen molar-refractivity contribution in [1.29, 1.82) is 0 Å². The molecule has 0 radical (unpaired) electrons. The number of rotatable bonds is 6. The van der Waals surface area contributed by atoms with Crippen LogP contribution in [0.3, 0.4) is 0 Å². The lowest BCUT2D eigenvalue weighted by atomic mass is 10.1. The second-order valence-electron chi connectivity index (χ2n) is 6.38. The van der Waals surface area contributed by atoms with Crippen LogP contribution >= 0.6 is 0 Å². The Hall–Kier alpha value is -1.11. The highest BCUT2D eigenvalue weighted by molar-refractivity contribution is 7.89. The van der Waals surface area contributed by atoms with E-state index in [0.29, 0.717) is 18.3 Å². The van der Waals surface area contributed by atoms with E-state index in [1.807, 2.05) is 19.9 Å². The van der Waals surface area contributed by atoms with Crippen molar-refractivity contribution in [2.45, 2.75) is 57.6 Å². The van der Waals surface area contributed by atoms with Crippen LogP contribution in [0.4, 0.5) is 0 Å². The minimum Gasteiger partial charge on any atom is -0.495 e. The first-order valence-electron chi connectivity index (χ1n) is 6.99. The van der Waals surface area contributed by atoms with Gasteiger partial charge in [-0.25, -0.2) is 13.1 Å². The van der Waals surface area contributed by atoms with E-state index in [1.54, 1.807) is 32.9 Å². The van der Waals surface area contributed by atoms with Crippen LogP contribution in [0.25, 0.3) is 0 Å². The van der Waals surface area contributed by atoms with Crippen LogP contribution in [0.2, 0.25) is 0 Å². The largest absolute Gasteiger partial charge is 0.495 e. The molecular weight excluding hydrogens is 288 g/mol. The summed E-state index contributed by atoms with van der Waals surface area (Å²) in [6, 6.07) is 5.54. The molecule has 0 unspecified atom stereocenters. The van der Waals surface area contributed by atoms with Crippen molar-refractivity contribution < 1.29 is 13.2 Å². The van der Waals surface area contributed by atoms with Gasteiger partial charge in [0, 0.05) is 18.1 Å². The Balaban J connectivity index is 3.16. The van der Waals surface area contributed by atoms with Crippen LogP contribution in [0.1, 0.15) is 40.2 Å². The fourth-order valence-corrected chi connectivity index (χ4v) is 3.46. The molecule has 0 aliphatic carbocycles. The summed E-state index contributed by atoms with van der Waals surface area (Å²) in [5.74, 6) is 0.347. The SMILES string of the molecule is COc1ccc(CNC(C)C)cc1S(=O)(=O)NC(C)(C)C. The molecule has 0 amide bonds. The monoisotopic (exact) mass is 314 g/mol. The van der Waals surface area contributed by atoms with Crippen LogP contribution in [-0.2, 0) is 16.6 Å². The molecule has 21 heavy (non-hydrogen) atoms. The summed E-state index contributed by atoms with van der Waals surface area (Å²) in [4.78, 5) is 0.169. The Labute approximate surface area is 128 Å². The molecule has 0 saturated carbocycles. The zero-order valence-electron chi connectivity index (χ0n) is 13.6. The maximum absolute atomic E-state index is 12.5. The second-order valence-corrected chi connectivity index (χ2v) is 8.03. The second kappa shape index (κ2) is 6.77. The fourth-order valence-electron chi connectivity index (χ4n) is 1.82. The normalized spacial score (nSPS) is 12.7. The van der Waals surface area contributed by atoms with Gasteiger partial charge in [-0.3, -0.25) is 0 Å². The zero-order valence-corrected chi connectivity index (χ0v) is 14.5. The third kappa shape index (κ3) is 5.65. The summed E-state index contributed by atoms with van der Waals surface area (Å²) in [6.07, 6.45) is 0. The highest BCUT2D eigenvalue weighted by Crippen LogP contribution is 2.26. The number of methoxy groups -OCH3 is 1. The van der Waals surface area contributed by atoms with E-state index in [9.17, 15) is 8.42 Å². The van der Waals surface area contributed by atoms with Gasteiger partial charge in [0.15, 0.2) is 0 Å². The smallest absolute Gasteiger partial charge is 0.244 e. The van der Waals surface area contributed by atoms with Gasteiger partial charge in [0.2, 0.25) is 10.0 Å². The number of sulfonamides is 1. The first kappa shape index (κ1) is 17.9. The summed E-state index contributed by atoms with van der Waals surface area (Å²) < 4.78 is 32.9. The molecule has 0 aliphatic heterocycles. The molecule has 5 nitrogen and oxygen atoms in total. The minimum atomic E-state index is -3.62. The molecule has 0 heterocycles. The van der Waals surface area contributed by atoms with Crippen molar-refractivity contribution >= 4 is 10.0 Å². The number of hydrogen-bond donors (Lipinski definition) is 2. The molecule has 0 atom stereocenters. The summed E-state index contributed by atoms with van der Waals surface area (Å²) in [7, 11) is -2.15. The van der Waals surface area contributed by atoms with Gasteiger partial charge in [-0.05, 0) is 38.5 Å². The van der Waals surface area contributed by atoms with E-state index >= 15 is 0 Å². The van der Waals surface area contributed by atoms with Crippen molar-refractivity contribution in [2.24, 2.45) is 0 Å². The molecule has 2 N–H and O–H groups in total. The van der Waals surface area contributed by atoms with E-state index in [2.05, 4.69) is 10.0 Å². The van der Waals surface area contributed by atoms with Gasteiger partial charge in [-0.15, -0.1) is 0 Å². The fraction of sp³-hybridized carbons (Fsp3) is 0.600. The van der Waals surface area contributed by atoms with Crippen molar-refractivity contribution in [3.05, 3.63) is 23.8 Å². The van der Waals surface area contributed by atoms with E-state index in [4.69, 9.17) is 4.74 Å². The summed E-state index contributed by atoms with van der Waals surface area (Å²) >= 11 is 0. The molecule has 0 aliphatic rings. The van der Waals surface area contributed by atoms with Crippen molar-refractivity contribution in [2.75, 3.05) is 7.11 Å². The molecule has 0 aromatic heterocycles. The van der Waals surface area contributed by atoms with Crippen LogP contribution in [0.15, 0.2) is 23.1 Å². The number of benzene rings is 1. The Kier molecular flexibility index (Phi) is 5.78. The predicted octanol–water partition coefficient (Wildman–Crippen LogP) is 2.27. The number of hydrogen-bond acceptors (Lipinski definition) is 4. The summed E-state index contributed by atoms with van der Waals surface area (Å²) in [6.45, 7) is 10.1. The Bertz CT molecular complexity index is 575. The van der Waals surface area contributed by atoms with Crippen molar-refractivity contribution in [1.82, 2.24) is 10.0 Å². The van der Waals surface area contributed by atoms with Gasteiger partial charge < -0.3 is 10.1 Å². The first-order chi connectivity index (χ1) is 9.55. The molecule has 6 heteroatoms. The van der Waals surface area contributed by atoms with Crippen LogP contribution < -0.4 is 14.8 Å². The lowest BCUT2D eigenvalue weighted by Crippen LogP contribution is -2.40. The molecule has 1 aromatic carbocycles. The van der Waals surface area contributed by atoms with E-state index in [1.165, 1.54) is 7.11 Å². The zero-order chi connectivity index (χ0) is 16.3. The summed E-state index contributed by atoms with van der Waals surface area (Å²) in [5, 5.41) is 3.27. The van der Waals surface area contributed by atoms with Crippen LogP contribution in [0.5, 0.6) is 5.75 Å². The third-order valence-electron chi connectivity index (χ3n) is 2.67. The van der Waals surface area contributed by atoms with Crippen LogP contribution in [-0.4, -0.2) is 27.1 Å². The minimum absolute atomic E-state index is 0.169. The topological polar surface area (TPSA) is 67.4 Å². The highest BCUT2D eigenvalue weighted by Gasteiger charge is 2.25. The Morgan fingerprint density at radius 2 is 1.86 bits per heavy atom. The maximum Gasteiger partial charge on any atom is 0.244 e. The highest BCUT2D eigenvalue weighted by atomic mass is 32.2. The van der Waals surface area contributed by atoms with Gasteiger partial charge in [-0.1, -0.05) is 19.9 Å². The van der Waals surface area contributed by atoms with E-state index in [-0.39, 0.29) is 4.90 Å². The Morgan fingerprint density at radius 1 is 1.24 bits per heavy atom. The first-order valence-corrected chi connectivity index (χ1v) is 8.48. The molecule has 120 valence electrons. The molecule has 0 spiro atoms. The molecule has 0 bridgehead atoms. The number of nitrogens with one attached hydrogen (secondary N) is 2. The predicted molar refractivity (Wildman–Crippen MR) is 85.0 cm³/mol. The molecule has 1 aromatic rings. The lowest BCUT2D eigenvalue weighted by molar-refractivity contribution is 0.400. The number of ether oxygens (including phenoxy) is 1. The van der Waals surface area contributed by atoms with Gasteiger partial charge in [0.1, 0.15) is 10.6 Å². The van der Waals surface area contributed by atoms with Crippen LogP contribution in [0, 0.1) is 0 Å². The molecule has 1 rings (SSSR count).